The van der Waals surface area contributed by atoms with Gasteiger partial charge in [-0.3, -0.25) is 4.79 Å². The van der Waals surface area contributed by atoms with Crippen molar-refractivity contribution in [3.63, 3.8) is 0 Å². The Balaban J connectivity index is 1.64. The maximum absolute atomic E-state index is 12.2. The molecule has 104 valence electrons. The van der Waals surface area contributed by atoms with E-state index < -0.39 is 0 Å². The van der Waals surface area contributed by atoms with E-state index in [-0.39, 0.29) is 17.8 Å². The molecule has 0 saturated heterocycles. The summed E-state index contributed by atoms with van der Waals surface area (Å²) in [6.07, 6.45) is 6.45. The number of esters is 1. The molecule has 4 heteroatoms. The molecule has 4 nitrogen and oxygen atoms in total. The molecule has 2 aliphatic rings. The van der Waals surface area contributed by atoms with E-state index in [4.69, 9.17) is 0 Å². The van der Waals surface area contributed by atoms with Gasteiger partial charge in [0, 0.05) is 11.6 Å². The smallest absolute Gasteiger partial charge is 0.337 e. The van der Waals surface area contributed by atoms with Crippen LogP contribution in [0, 0.1) is 17.8 Å². The molecular weight excluding hydrogens is 254 g/mol. The van der Waals surface area contributed by atoms with E-state index in [0.717, 1.165) is 18.5 Å². The Bertz CT molecular complexity index is 562. The highest BCUT2D eigenvalue weighted by Crippen LogP contribution is 2.43. The van der Waals surface area contributed by atoms with Gasteiger partial charge in [-0.1, -0.05) is 12.2 Å². The summed E-state index contributed by atoms with van der Waals surface area (Å²) < 4.78 is 4.64. The predicted octanol–water partition coefficient (Wildman–Crippen LogP) is 2.62. The first kappa shape index (κ1) is 12.9. The third-order valence-electron chi connectivity index (χ3n) is 4.19. The largest absolute Gasteiger partial charge is 0.465 e. The SMILES string of the molecule is COC(=O)c1ccc(NC(=O)[C@@H]2C[C@H]3C=C[C@H]2C3)cc1. The molecule has 2 bridgehead atoms. The maximum atomic E-state index is 12.2. The Morgan fingerprint density at radius 2 is 1.90 bits per heavy atom. The minimum absolute atomic E-state index is 0.0765. The number of allylic oxidation sites excluding steroid dienone is 2. The van der Waals surface area contributed by atoms with Gasteiger partial charge in [0.1, 0.15) is 0 Å². The molecule has 1 aromatic carbocycles. The van der Waals surface area contributed by atoms with Crippen LogP contribution in [0.2, 0.25) is 0 Å². The van der Waals surface area contributed by atoms with Crippen molar-refractivity contribution >= 4 is 17.6 Å². The van der Waals surface area contributed by atoms with Crippen molar-refractivity contribution in [3.8, 4) is 0 Å². The number of anilines is 1. The Morgan fingerprint density at radius 1 is 1.15 bits per heavy atom. The Morgan fingerprint density at radius 3 is 2.45 bits per heavy atom. The van der Waals surface area contributed by atoms with Crippen LogP contribution in [-0.4, -0.2) is 19.0 Å². The second kappa shape index (κ2) is 5.12. The molecule has 1 aromatic rings. The molecule has 3 rings (SSSR count). The van der Waals surface area contributed by atoms with Crippen LogP contribution in [0.3, 0.4) is 0 Å². The second-order valence-electron chi connectivity index (χ2n) is 5.44. The highest BCUT2D eigenvalue weighted by Gasteiger charge is 2.39. The Hall–Kier alpha value is -2.10. The number of benzene rings is 1. The van der Waals surface area contributed by atoms with Crippen LogP contribution in [0.5, 0.6) is 0 Å². The summed E-state index contributed by atoms with van der Waals surface area (Å²) in [6, 6.07) is 6.77. The van der Waals surface area contributed by atoms with Crippen LogP contribution >= 0.6 is 0 Å². The maximum Gasteiger partial charge on any atom is 0.337 e. The lowest BCUT2D eigenvalue weighted by atomic mass is 9.93. The predicted molar refractivity (Wildman–Crippen MR) is 75.3 cm³/mol. The van der Waals surface area contributed by atoms with Crippen LogP contribution in [0.4, 0.5) is 5.69 Å². The first-order valence-corrected chi connectivity index (χ1v) is 6.85. The van der Waals surface area contributed by atoms with E-state index in [9.17, 15) is 9.59 Å². The third-order valence-corrected chi connectivity index (χ3v) is 4.19. The lowest BCUT2D eigenvalue weighted by molar-refractivity contribution is -0.120. The molecule has 0 unspecified atom stereocenters. The topological polar surface area (TPSA) is 55.4 Å². The number of carbonyl (C=O) groups excluding carboxylic acids is 2. The van der Waals surface area contributed by atoms with E-state index in [1.807, 2.05) is 0 Å². The standard InChI is InChI=1S/C16H17NO3/c1-20-16(19)11-4-6-13(7-5-11)17-15(18)14-9-10-2-3-12(14)8-10/h2-7,10,12,14H,8-9H2,1H3,(H,17,18)/t10-,12-,14+/m0/s1. The summed E-state index contributed by atoms with van der Waals surface area (Å²) in [4.78, 5) is 23.6. The zero-order valence-corrected chi connectivity index (χ0v) is 11.3. The molecular formula is C16H17NO3. The third kappa shape index (κ3) is 2.33. The van der Waals surface area contributed by atoms with Gasteiger partial charge < -0.3 is 10.1 Å². The van der Waals surface area contributed by atoms with Crippen LogP contribution < -0.4 is 5.32 Å². The second-order valence-corrected chi connectivity index (χ2v) is 5.44. The van der Waals surface area contributed by atoms with Crippen molar-refractivity contribution < 1.29 is 14.3 Å². The van der Waals surface area contributed by atoms with E-state index >= 15 is 0 Å². The van der Waals surface area contributed by atoms with Crippen LogP contribution in [0.25, 0.3) is 0 Å². The highest BCUT2D eigenvalue weighted by atomic mass is 16.5. The van der Waals surface area contributed by atoms with Gasteiger partial charge in [0.2, 0.25) is 5.91 Å². The van der Waals surface area contributed by atoms with Gasteiger partial charge >= 0.3 is 5.97 Å². The number of hydrogen-bond donors (Lipinski definition) is 1. The minimum Gasteiger partial charge on any atom is -0.465 e. The molecule has 1 fully saturated rings. The van der Waals surface area contributed by atoms with Gasteiger partial charge in [-0.25, -0.2) is 4.79 Å². The zero-order valence-electron chi connectivity index (χ0n) is 11.3. The van der Waals surface area contributed by atoms with Crippen molar-refractivity contribution in [3.05, 3.63) is 42.0 Å². The number of rotatable bonds is 3. The summed E-state index contributed by atoms with van der Waals surface area (Å²) in [5.41, 5.74) is 1.20. The molecule has 1 amide bonds. The molecule has 3 atom stereocenters. The number of ether oxygens (including phenoxy) is 1. The number of hydrogen-bond acceptors (Lipinski definition) is 3. The quantitative estimate of drug-likeness (QED) is 0.679. The van der Waals surface area contributed by atoms with Gasteiger partial charge in [-0.2, -0.15) is 0 Å². The summed E-state index contributed by atoms with van der Waals surface area (Å²) in [5, 5.41) is 2.93. The fraction of sp³-hybridized carbons (Fsp3) is 0.375. The zero-order chi connectivity index (χ0) is 14.1. The summed E-state index contributed by atoms with van der Waals surface area (Å²) in [7, 11) is 1.35. The average Bonchev–Trinajstić information content (AvgIpc) is 3.10. The molecule has 0 heterocycles. The van der Waals surface area contributed by atoms with Gasteiger partial charge in [0.25, 0.3) is 0 Å². The highest BCUT2D eigenvalue weighted by molar-refractivity contribution is 5.94. The minimum atomic E-state index is -0.374. The molecule has 2 aliphatic carbocycles. The van der Waals surface area contributed by atoms with Crippen molar-refractivity contribution in [2.24, 2.45) is 17.8 Å². The van der Waals surface area contributed by atoms with Crippen LogP contribution in [0.15, 0.2) is 36.4 Å². The molecule has 20 heavy (non-hydrogen) atoms. The van der Waals surface area contributed by atoms with E-state index in [1.165, 1.54) is 7.11 Å². The van der Waals surface area contributed by atoms with Gasteiger partial charge in [0.15, 0.2) is 0 Å². The summed E-state index contributed by atoms with van der Waals surface area (Å²) >= 11 is 0. The Labute approximate surface area is 117 Å². The molecule has 0 aliphatic heterocycles. The van der Waals surface area contributed by atoms with Crippen molar-refractivity contribution in [1.29, 1.82) is 0 Å². The Kier molecular flexibility index (Phi) is 3.30. The van der Waals surface area contributed by atoms with Gasteiger partial charge in [-0.05, 0) is 48.9 Å². The normalized spacial score (nSPS) is 26.6. The van der Waals surface area contributed by atoms with Gasteiger partial charge in [0.05, 0.1) is 12.7 Å². The monoisotopic (exact) mass is 271 g/mol. The summed E-state index contributed by atoms with van der Waals surface area (Å²) in [6.45, 7) is 0. The lowest BCUT2D eigenvalue weighted by Crippen LogP contribution is -2.25. The average molecular weight is 271 g/mol. The summed E-state index contributed by atoms with van der Waals surface area (Å²) in [5.74, 6) is 0.769. The lowest BCUT2D eigenvalue weighted by Gasteiger charge is -2.17. The van der Waals surface area contributed by atoms with Crippen LogP contribution in [-0.2, 0) is 9.53 Å². The fourth-order valence-corrected chi connectivity index (χ4v) is 3.12. The first-order chi connectivity index (χ1) is 9.67. The molecule has 0 radical (unpaired) electrons. The molecule has 0 aromatic heterocycles. The molecule has 1 saturated carbocycles. The molecule has 0 spiro atoms. The first-order valence-electron chi connectivity index (χ1n) is 6.85. The van der Waals surface area contributed by atoms with Crippen molar-refractivity contribution in [2.45, 2.75) is 12.8 Å². The number of fused-ring (bicyclic) bond motifs is 2. The number of amides is 1. The fourth-order valence-electron chi connectivity index (χ4n) is 3.12. The van der Waals surface area contributed by atoms with E-state index in [0.29, 0.717) is 17.4 Å². The van der Waals surface area contributed by atoms with Gasteiger partial charge in [-0.15, -0.1) is 0 Å². The van der Waals surface area contributed by atoms with Crippen LogP contribution in [0.1, 0.15) is 23.2 Å². The van der Waals surface area contributed by atoms with E-state index in [1.54, 1.807) is 24.3 Å². The number of methoxy groups -OCH3 is 1. The molecule has 1 N–H and O–H groups in total. The van der Waals surface area contributed by atoms with Crippen molar-refractivity contribution in [1.82, 2.24) is 0 Å². The number of carbonyl (C=O) groups is 2. The van der Waals surface area contributed by atoms with E-state index in [2.05, 4.69) is 22.2 Å². The number of nitrogens with one attached hydrogen (secondary N) is 1. The van der Waals surface area contributed by atoms with Crippen molar-refractivity contribution in [2.75, 3.05) is 12.4 Å².